The van der Waals surface area contributed by atoms with Crippen LogP contribution in [0.25, 0.3) is 0 Å². The molecule has 13 heavy (non-hydrogen) atoms. The van der Waals surface area contributed by atoms with Gasteiger partial charge in [0.2, 0.25) is 0 Å². The zero-order valence-electron chi connectivity index (χ0n) is 7.62. The Morgan fingerprint density at radius 3 is 2.31 bits per heavy atom. The molecule has 0 saturated heterocycles. The van der Waals surface area contributed by atoms with Gasteiger partial charge >= 0.3 is 5.97 Å². The summed E-state index contributed by atoms with van der Waals surface area (Å²) in [5.74, 6) is -0.0430. The summed E-state index contributed by atoms with van der Waals surface area (Å²) < 4.78 is 4.73. The van der Waals surface area contributed by atoms with Gasteiger partial charge in [0, 0.05) is 0 Å². The van der Waals surface area contributed by atoms with Gasteiger partial charge in [0.1, 0.15) is 0 Å². The summed E-state index contributed by atoms with van der Waals surface area (Å²) in [6.45, 7) is 0. The van der Waals surface area contributed by atoms with E-state index in [1.807, 2.05) is 12.1 Å². The number of rotatable bonds is 1. The van der Waals surface area contributed by atoms with Gasteiger partial charge in [-0.25, -0.2) is 0 Å². The highest BCUT2D eigenvalue weighted by Gasteiger charge is 2.27. The van der Waals surface area contributed by atoms with Crippen molar-refractivity contribution < 1.29 is 9.53 Å². The molecule has 2 nitrogen and oxygen atoms in total. The van der Waals surface area contributed by atoms with Crippen molar-refractivity contribution in [3.05, 3.63) is 35.4 Å². The summed E-state index contributed by atoms with van der Waals surface area (Å²) in [5, 5.41) is 0. The first-order valence-corrected chi connectivity index (χ1v) is 4.46. The Kier molecular flexibility index (Phi) is 2.05. The summed E-state index contributed by atoms with van der Waals surface area (Å²) in [7, 11) is 1.45. The predicted molar refractivity (Wildman–Crippen MR) is 49.4 cm³/mol. The molecule has 1 aromatic carbocycles. The van der Waals surface area contributed by atoms with Crippen LogP contribution in [0.2, 0.25) is 0 Å². The Morgan fingerprint density at radius 1 is 1.31 bits per heavy atom. The SMILES string of the molecule is COC(=O)C1Cc2ccccc2C1. The standard InChI is InChI=1S/C11H12O2/c1-13-11(12)10-6-8-4-2-3-5-9(8)7-10/h2-5,10H,6-7H2,1H3. The van der Waals surface area contributed by atoms with Gasteiger partial charge < -0.3 is 4.74 Å². The molecule has 1 aromatic rings. The first-order valence-electron chi connectivity index (χ1n) is 4.46. The molecule has 0 unspecified atom stereocenters. The lowest BCUT2D eigenvalue weighted by Gasteiger charge is -2.04. The van der Waals surface area contributed by atoms with Gasteiger partial charge in [-0.1, -0.05) is 24.3 Å². The van der Waals surface area contributed by atoms with Crippen LogP contribution in [-0.4, -0.2) is 13.1 Å². The van der Waals surface area contributed by atoms with E-state index in [-0.39, 0.29) is 11.9 Å². The van der Waals surface area contributed by atoms with Crippen molar-refractivity contribution in [1.82, 2.24) is 0 Å². The fraction of sp³-hybridized carbons (Fsp3) is 0.364. The molecule has 2 heteroatoms. The highest BCUT2D eigenvalue weighted by Crippen LogP contribution is 2.26. The third kappa shape index (κ3) is 1.44. The number of ether oxygens (including phenoxy) is 1. The van der Waals surface area contributed by atoms with Gasteiger partial charge in [-0.3, -0.25) is 4.79 Å². The van der Waals surface area contributed by atoms with E-state index in [1.165, 1.54) is 18.2 Å². The van der Waals surface area contributed by atoms with E-state index in [0.717, 1.165) is 12.8 Å². The van der Waals surface area contributed by atoms with Crippen LogP contribution in [0.15, 0.2) is 24.3 Å². The van der Waals surface area contributed by atoms with Crippen LogP contribution in [0, 0.1) is 5.92 Å². The second-order valence-electron chi connectivity index (χ2n) is 3.40. The number of esters is 1. The Morgan fingerprint density at radius 2 is 1.85 bits per heavy atom. The van der Waals surface area contributed by atoms with E-state index in [0.29, 0.717) is 0 Å². The van der Waals surface area contributed by atoms with Gasteiger partial charge in [-0.15, -0.1) is 0 Å². The lowest BCUT2D eigenvalue weighted by Crippen LogP contribution is -2.15. The van der Waals surface area contributed by atoms with Crippen LogP contribution in [0.3, 0.4) is 0 Å². The molecule has 0 amide bonds. The Balaban J connectivity index is 2.18. The van der Waals surface area contributed by atoms with E-state index < -0.39 is 0 Å². The summed E-state index contributed by atoms with van der Waals surface area (Å²) in [4.78, 5) is 11.3. The van der Waals surface area contributed by atoms with Crippen LogP contribution in [0.5, 0.6) is 0 Å². The summed E-state index contributed by atoms with van der Waals surface area (Å²) in [5.41, 5.74) is 2.58. The molecule has 68 valence electrons. The van der Waals surface area contributed by atoms with Crippen molar-refractivity contribution in [2.75, 3.05) is 7.11 Å². The van der Waals surface area contributed by atoms with Crippen molar-refractivity contribution in [3.63, 3.8) is 0 Å². The zero-order valence-corrected chi connectivity index (χ0v) is 7.62. The quantitative estimate of drug-likeness (QED) is 0.607. The fourth-order valence-electron chi connectivity index (χ4n) is 1.89. The van der Waals surface area contributed by atoms with Gasteiger partial charge in [-0.2, -0.15) is 0 Å². The lowest BCUT2D eigenvalue weighted by atomic mass is 10.1. The molecule has 1 aliphatic rings. The van der Waals surface area contributed by atoms with Crippen LogP contribution < -0.4 is 0 Å². The van der Waals surface area contributed by atoms with Crippen molar-refractivity contribution in [3.8, 4) is 0 Å². The minimum Gasteiger partial charge on any atom is -0.469 e. The maximum atomic E-state index is 11.3. The Hall–Kier alpha value is -1.31. The number of methoxy groups -OCH3 is 1. The number of carbonyl (C=O) groups is 1. The molecule has 2 rings (SSSR count). The molecule has 0 atom stereocenters. The second kappa shape index (κ2) is 3.21. The number of hydrogen-bond acceptors (Lipinski definition) is 2. The third-order valence-electron chi connectivity index (χ3n) is 2.59. The van der Waals surface area contributed by atoms with Crippen molar-refractivity contribution >= 4 is 5.97 Å². The molecule has 0 N–H and O–H groups in total. The lowest BCUT2D eigenvalue weighted by molar-refractivity contribution is -0.145. The maximum Gasteiger partial charge on any atom is 0.309 e. The van der Waals surface area contributed by atoms with Crippen LogP contribution in [0.4, 0.5) is 0 Å². The average molecular weight is 176 g/mol. The minimum absolute atomic E-state index is 0.0439. The largest absolute Gasteiger partial charge is 0.469 e. The molecule has 0 radical (unpaired) electrons. The normalized spacial score (nSPS) is 15.5. The molecule has 0 fully saturated rings. The topological polar surface area (TPSA) is 26.3 Å². The zero-order chi connectivity index (χ0) is 9.26. The monoisotopic (exact) mass is 176 g/mol. The smallest absolute Gasteiger partial charge is 0.309 e. The molecule has 0 spiro atoms. The predicted octanol–water partition coefficient (Wildman–Crippen LogP) is 1.57. The minimum atomic E-state index is -0.0869. The van der Waals surface area contributed by atoms with Gasteiger partial charge in [0.15, 0.2) is 0 Å². The molecule has 1 aliphatic carbocycles. The average Bonchev–Trinajstić information content (AvgIpc) is 2.59. The van der Waals surface area contributed by atoms with Gasteiger partial charge in [0.05, 0.1) is 13.0 Å². The number of benzene rings is 1. The van der Waals surface area contributed by atoms with E-state index in [1.54, 1.807) is 0 Å². The van der Waals surface area contributed by atoms with E-state index in [4.69, 9.17) is 4.74 Å². The second-order valence-corrected chi connectivity index (χ2v) is 3.40. The molecular weight excluding hydrogens is 164 g/mol. The molecule has 0 saturated carbocycles. The fourth-order valence-corrected chi connectivity index (χ4v) is 1.89. The first kappa shape index (κ1) is 8.30. The van der Waals surface area contributed by atoms with Crippen molar-refractivity contribution in [2.24, 2.45) is 5.92 Å². The summed E-state index contributed by atoms with van der Waals surface area (Å²) in [6, 6.07) is 8.19. The summed E-state index contributed by atoms with van der Waals surface area (Å²) >= 11 is 0. The van der Waals surface area contributed by atoms with Crippen molar-refractivity contribution in [1.29, 1.82) is 0 Å². The van der Waals surface area contributed by atoms with Gasteiger partial charge in [-0.05, 0) is 24.0 Å². The van der Waals surface area contributed by atoms with E-state index in [9.17, 15) is 4.79 Å². The number of fused-ring (bicyclic) bond motifs is 1. The van der Waals surface area contributed by atoms with E-state index >= 15 is 0 Å². The summed E-state index contributed by atoms with van der Waals surface area (Å²) in [6.07, 6.45) is 1.67. The van der Waals surface area contributed by atoms with Gasteiger partial charge in [0.25, 0.3) is 0 Å². The molecule has 0 heterocycles. The molecule has 0 aliphatic heterocycles. The Labute approximate surface area is 77.5 Å². The number of carbonyl (C=O) groups excluding carboxylic acids is 1. The highest BCUT2D eigenvalue weighted by molar-refractivity contribution is 5.74. The first-order chi connectivity index (χ1) is 6.31. The van der Waals surface area contributed by atoms with Crippen LogP contribution in [0.1, 0.15) is 11.1 Å². The molecule has 0 aromatic heterocycles. The van der Waals surface area contributed by atoms with Crippen molar-refractivity contribution in [2.45, 2.75) is 12.8 Å². The third-order valence-corrected chi connectivity index (χ3v) is 2.59. The number of hydrogen-bond donors (Lipinski definition) is 0. The van der Waals surface area contributed by atoms with E-state index in [2.05, 4.69) is 12.1 Å². The Bertz CT molecular complexity index is 306. The molecule has 0 bridgehead atoms. The highest BCUT2D eigenvalue weighted by atomic mass is 16.5. The van der Waals surface area contributed by atoms with Crippen LogP contribution in [-0.2, 0) is 22.4 Å². The molecular formula is C11H12O2. The maximum absolute atomic E-state index is 11.3. The van der Waals surface area contributed by atoms with Crippen LogP contribution >= 0.6 is 0 Å².